The van der Waals surface area contributed by atoms with Crippen molar-refractivity contribution in [3.05, 3.63) is 29.8 Å². The van der Waals surface area contributed by atoms with Crippen LogP contribution < -0.4 is 21.7 Å². The number of anilines is 1. The second-order valence-electron chi connectivity index (χ2n) is 4.99. The summed E-state index contributed by atoms with van der Waals surface area (Å²) in [5, 5.41) is 8.65. The first kappa shape index (κ1) is 17.3. The molecule has 1 aromatic carbocycles. The molecule has 0 bridgehead atoms. The van der Waals surface area contributed by atoms with Gasteiger partial charge in [-0.05, 0) is 44.0 Å². The molecule has 0 radical (unpaired) electrons. The van der Waals surface area contributed by atoms with E-state index in [1.54, 1.807) is 12.1 Å². The molecule has 116 valence electrons. The number of benzene rings is 1. The Bertz CT molecular complexity index is 486. The molecule has 1 aromatic rings. The molecule has 21 heavy (non-hydrogen) atoms. The first-order valence-corrected chi connectivity index (χ1v) is 6.76. The predicted octanol–water partition coefficient (Wildman–Crippen LogP) is 1.53. The lowest BCUT2D eigenvalue weighted by Gasteiger charge is -2.18. The average Bonchev–Trinajstić information content (AvgIpc) is 2.92. The summed E-state index contributed by atoms with van der Waals surface area (Å²) in [6.45, 7) is 2.84. The van der Waals surface area contributed by atoms with E-state index < -0.39 is 6.03 Å². The molecule has 1 heterocycles. The molecule has 5 N–H and O–H groups in total. The number of amides is 3. The molecule has 2 rings (SSSR count). The van der Waals surface area contributed by atoms with Crippen molar-refractivity contribution in [3.63, 3.8) is 0 Å². The Labute approximate surface area is 130 Å². The van der Waals surface area contributed by atoms with E-state index in [0.717, 1.165) is 24.9 Å². The molecular weight excluding hydrogens is 292 g/mol. The smallest absolute Gasteiger partial charge is 0.316 e. The molecule has 7 heteroatoms. The van der Waals surface area contributed by atoms with E-state index in [2.05, 4.69) is 16.0 Å². The van der Waals surface area contributed by atoms with Gasteiger partial charge in [0.15, 0.2) is 0 Å². The van der Waals surface area contributed by atoms with Gasteiger partial charge in [-0.25, -0.2) is 4.79 Å². The summed E-state index contributed by atoms with van der Waals surface area (Å²) < 4.78 is 0. The monoisotopic (exact) mass is 312 g/mol. The first-order valence-electron chi connectivity index (χ1n) is 6.76. The fourth-order valence-corrected chi connectivity index (χ4v) is 2.30. The van der Waals surface area contributed by atoms with Gasteiger partial charge in [0.2, 0.25) is 5.91 Å². The molecule has 6 nitrogen and oxygen atoms in total. The van der Waals surface area contributed by atoms with Crippen molar-refractivity contribution < 1.29 is 9.59 Å². The van der Waals surface area contributed by atoms with Crippen LogP contribution in [-0.2, 0) is 4.79 Å². The number of halogens is 1. The van der Waals surface area contributed by atoms with Crippen LogP contribution in [0.25, 0.3) is 0 Å². The summed E-state index contributed by atoms with van der Waals surface area (Å²) in [5.41, 5.74) is 6.66. The second kappa shape index (κ2) is 7.85. The number of urea groups is 1. The largest absolute Gasteiger partial charge is 0.351 e. The third-order valence-corrected chi connectivity index (χ3v) is 3.41. The van der Waals surface area contributed by atoms with Crippen molar-refractivity contribution >= 4 is 30.0 Å². The number of hydrogen-bond donors (Lipinski definition) is 4. The maximum atomic E-state index is 12.0. The number of primary amides is 1. The van der Waals surface area contributed by atoms with Gasteiger partial charge in [-0.3, -0.25) is 4.79 Å². The Morgan fingerprint density at radius 3 is 2.52 bits per heavy atom. The maximum Gasteiger partial charge on any atom is 0.316 e. The highest BCUT2D eigenvalue weighted by atomic mass is 35.5. The number of nitrogens with one attached hydrogen (secondary N) is 3. The van der Waals surface area contributed by atoms with Gasteiger partial charge in [-0.15, -0.1) is 12.4 Å². The topological polar surface area (TPSA) is 96.2 Å². The lowest BCUT2D eigenvalue weighted by atomic mass is 10.1. The van der Waals surface area contributed by atoms with Crippen molar-refractivity contribution in [1.82, 2.24) is 10.6 Å². The molecule has 1 aliphatic heterocycles. The minimum absolute atomic E-state index is 0. The Balaban J connectivity index is 0.00000220. The van der Waals surface area contributed by atoms with E-state index in [1.807, 2.05) is 19.1 Å². The van der Waals surface area contributed by atoms with Crippen molar-refractivity contribution in [3.8, 4) is 0 Å². The number of carbonyl (C=O) groups is 2. The summed E-state index contributed by atoms with van der Waals surface area (Å²) in [6, 6.07) is 6.50. The van der Waals surface area contributed by atoms with Gasteiger partial charge >= 0.3 is 6.03 Å². The molecule has 3 amide bonds. The van der Waals surface area contributed by atoms with Crippen LogP contribution in [0.15, 0.2) is 24.3 Å². The molecule has 1 aliphatic rings. The van der Waals surface area contributed by atoms with Gasteiger partial charge in [0.25, 0.3) is 0 Å². The third-order valence-electron chi connectivity index (χ3n) is 3.41. The molecule has 1 fully saturated rings. The first-order chi connectivity index (χ1) is 9.56. The van der Waals surface area contributed by atoms with Crippen molar-refractivity contribution in [2.24, 2.45) is 5.73 Å². The molecule has 2 atom stereocenters. The molecule has 0 saturated carbocycles. The van der Waals surface area contributed by atoms with E-state index >= 15 is 0 Å². The fourth-order valence-electron chi connectivity index (χ4n) is 2.30. The fraction of sp³-hybridized carbons (Fsp3) is 0.429. The van der Waals surface area contributed by atoms with Crippen molar-refractivity contribution in [2.45, 2.75) is 31.8 Å². The van der Waals surface area contributed by atoms with Gasteiger partial charge in [-0.1, -0.05) is 12.1 Å². The minimum Gasteiger partial charge on any atom is -0.351 e. The standard InChI is InChI=1S/C14H20N4O2.ClH/c1-9(17-13(19)12-3-2-8-16-12)10-4-6-11(7-5-10)18-14(15)20;/h4-7,9,12,16H,2-3,8H2,1H3,(H,17,19)(H3,15,18,20);1H/t9?,12-;/m0./s1. The van der Waals surface area contributed by atoms with Gasteiger partial charge in [0, 0.05) is 5.69 Å². The highest BCUT2D eigenvalue weighted by Gasteiger charge is 2.23. The molecule has 1 unspecified atom stereocenters. The van der Waals surface area contributed by atoms with E-state index in [1.165, 1.54) is 0 Å². The SMILES string of the molecule is CC(NC(=O)[C@@H]1CCCN1)c1ccc(NC(N)=O)cc1.Cl. The zero-order chi connectivity index (χ0) is 14.5. The third kappa shape index (κ3) is 4.91. The zero-order valence-electron chi connectivity index (χ0n) is 11.9. The number of rotatable bonds is 4. The normalized spacial score (nSPS) is 18.4. The Kier molecular flexibility index (Phi) is 6.45. The van der Waals surface area contributed by atoms with Crippen LogP contribution in [0.5, 0.6) is 0 Å². The van der Waals surface area contributed by atoms with Crippen LogP contribution in [0, 0.1) is 0 Å². The quantitative estimate of drug-likeness (QED) is 0.679. The lowest BCUT2D eigenvalue weighted by Crippen LogP contribution is -2.41. The predicted molar refractivity (Wildman–Crippen MR) is 84.5 cm³/mol. The molecule has 0 aliphatic carbocycles. The number of nitrogens with two attached hydrogens (primary N) is 1. The van der Waals surface area contributed by atoms with Gasteiger partial charge in [-0.2, -0.15) is 0 Å². The van der Waals surface area contributed by atoms with Crippen LogP contribution in [0.3, 0.4) is 0 Å². The van der Waals surface area contributed by atoms with Crippen molar-refractivity contribution in [2.75, 3.05) is 11.9 Å². The summed E-state index contributed by atoms with van der Waals surface area (Å²) in [7, 11) is 0. The number of hydrogen-bond acceptors (Lipinski definition) is 3. The highest BCUT2D eigenvalue weighted by molar-refractivity contribution is 5.87. The summed E-state index contributed by atoms with van der Waals surface area (Å²) in [6.07, 6.45) is 1.93. The summed E-state index contributed by atoms with van der Waals surface area (Å²) >= 11 is 0. The number of carbonyl (C=O) groups excluding carboxylic acids is 2. The van der Waals surface area contributed by atoms with E-state index in [9.17, 15) is 9.59 Å². The summed E-state index contributed by atoms with van der Waals surface area (Å²) in [4.78, 5) is 22.7. The Hall–Kier alpha value is -1.79. The molecule has 1 saturated heterocycles. The molecular formula is C14H21ClN4O2. The average molecular weight is 313 g/mol. The van der Waals surface area contributed by atoms with E-state index in [-0.39, 0.29) is 30.4 Å². The van der Waals surface area contributed by atoms with E-state index in [4.69, 9.17) is 5.73 Å². The Morgan fingerprint density at radius 1 is 1.33 bits per heavy atom. The van der Waals surface area contributed by atoms with Crippen LogP contribution in [0.2, 0.25) is 0 Å². The van der Waals surface area contributed by atoms with Crippen molar-refractivity contribution in [1.29, 1.82) is 0 Å². The molecule has 0 spiro atoms. The summed E-state index contributed by atoms with van der Waals surface area (Å²) in [5.74, 6) is 0.0364. The maximum absolute atomic E-state index is 12.0. The van der Waals surface area contributed by atoms with Gasteiger partial charge in [0.1, 0.15) is 0 Å². The van der Waals surface area contributed by atoms with Gasteiger partial charge in [0.05, 0.1) is 12.1 Å². The van der Waals surface area contributed by atoms with Crippen LogP contribution in [0.1, 0.15) is 31.4 Å². The molecule has 0 aromatic heterocycles. The second-order valence-corrected chi connectivity index (χ2v) is 4.99. The lowest BCUT2D eigenvalue weighted by molar-refractivity contribution is -0.123. The zero-order valence-corrected chi connectivity index (χ0v) is 12.7. The van der Waals surface area contributed by atoms with E-state index in [0.29, 0.717) is 5.69 Å². The van der Waals surface area contributed by atoms with Gasteiger partial charge < -0.3 is 21.7 Å². The van der Waals surface area contributed by atoms with Crippen LogP contribution in [0.4, 0.5) is 10.5 Å². The highest BCUT2D eigenvalue weighted by Crippen LogP contribution is 2.16. The Morgan fingerprint density at radius 2 is 2.00 bits per heavy atom. The minimum atomic E-state index is -0.591. The van der Waals surface area contributed by atoms with Crippen LogP contribution >= 0.6 is 12.4 Å². The van der Waals surface area contributed by atoms with Crippen LogP contribution in [-0.4, -0.2) is 24.5 Å².